The normalized spacial score (nSPS) is 26.8. The van der Waals surface area contributed by atoms with E-state index in [1.807, 2.05) is 30.3 Å². The molecule has 3 aromatic carbocycles. The molecule has 1 N–H and O–H groups in total. The molecule has 2 aliphatic heterocycles. The van der Waals surface area contributed by atoms with E-state index in [0.717, 1.165) is 5.56 Å². The van der Waals surface area contributed by atoms with Gasteiger partial charge in [-0.3, -0.25) is 5.41 Å². The highest BCUT2D eigenvalue weighted by molar-refractivity contribution is 5.90. The first-order valence-corrected chi connectivity index (χ1v) is 12.0. The lowest BCUT2D eigenvalue weighted by Crippen LogP contribution is -2.57. The molecule has 0 aliphatic carbocycles. The number of nitrogens with one attached hydrogen (secondary N) is 1. The van der Waals surface area contributed by atoms with Crippen LogP contribution in [0.2, 0.25) is 0 Å². The van der Waals surface area contributed by atoms with Crippen LogP contribution in [0.4, 0.5) is 0 Å². The highest BCUT2D eigenvalue weighted by atomic mass is 16.7. The van der Waals surface area contributed by atoms with Crippen molar-refractivity contribution in [3.05, 3.63) is 95.6 Å². The summed E-state index contributed by atoms with van der Waals surface area (Å²) in [5.74, 6) is -1.78. The molecule has 3 aromatic rings. The Kier molecular flexibility index (Phi) is 6.03. The lowest BCUT2D eigenvalue weighted by Gasteiger charge is -2.48. The van der Waals surface area contributed by atoms with Crippen molar-refractivity contribution in [2.24, 2.45) is 10.8 Å². The second-order valence-corrected chi connectivity index (χ2v) is 9.45. The van der Waals surface area contributed by atoms with Crippen LogP contribution in [0, 0.1) is 50.2 Å². The summed E-state index contributed by atoms with van der Waals surface area (Å²) in [5.41, 5.74) is -2.00. The molecule has 5 rings (SSSR count). The monoisotopic (exact) mass is 504 g/mol. The van der Waals surface area contributed by atoms with Gasteiger partial charge in [0.1, 0.15) is 24.2 Å². The van der Waals surface area contributed by atoms with E-state index in [4.69, 9.17) is 24.4 Å². The molecule has 0 amide bonds. The van der Waals surface area contributed by atoms with Crippen LogP contribution in [0.5, 0.6) is 11.5 Å². The number of rotatable bonds is 6. The molecule has 0 spiro atoms. The zero-order valence-corrected chi connectivity index (χ0v) is 20.8. The van der Waals surface area contributed by atoms with Crippen LogP contribution in [0.1, 0.15) is 35.6 Å². The summed E-state index contributed by atoms with van der Waals surface area (Å²) in [6.07, 6.45) is -1.19. The molecule has 2 aliphatic rings. The maximum atomic E-state index is 10.6. The molecule has 0 saturated carbocycles. The van der Waals surface area contributed by atoms with Crippen LogP contribution in [-0.2, 0) is 16.1 Å². The van der Waals surface area contributed by atoms with E-state index in [1.165, 1.54) is 7.11 Å². The van der Waals surface area contributed by atoms with Crippen LogP contribution in [0.25, 0.3) is 0 Å². The number of benzene rings is 3. The van der Waals surface area contributed by atoms with Crippen molar-refractivity contribution >= 4 is 5.90 Å². The molecule has 8 nitrogen and oxygen atoms in total. The number of methoxy groups -OCH3 is 1. The maximum absolute atomic E-state index is 10.6. The molecule has 38 heavy (non-hydrogen) atoms. The first kappa shape index (κ1) is 24.8. The Morgan fingerprint density at radius 2 is 1.58 bits per heavy atom. The lowest BCUT2D eigenvalue weighted by molar-refractivity contribution is -0.253. The van der Waals surface area contributed by atoms with E-state index in [0.29, 0.717) is 29.2 Å². The van der Waals surface area contributed by atoms with E-state index in [2.05, 4.69) is 18.2 Å². The summed E-state index contributed by atoms with van der Waals surface area (Å²) in [4.78, 5) is 0. The minimum Gasteiger partial charge on any atom is -0.497 e. The average molecular weight is 505 g/mol. The van der Waals surface area contributed by atoms with Gasteiger partial charge in [0.2, 0.25) is 17.1 Å². The third-order valence-electron chi connectivity index (χ3n) is 7.37. The number of hydrogen-bond acceptors (Lipinski definition) is 8. The Labute approximate surface area is 220 Å². The molecule has 2 bridgehead atoms. The fourth-order valence-corrected chi connectivity index (χ4v) is 5.59. The van der Waals surface area contributed by atoms with Crippen LogP contribution in [0.3, 0.4) is 0 Å². The smallest absolute Gasteiger partial charge is 0.218 e. The molecular weight excluding hydrogens is 480 g/mol. The third-order valence-corrected chi connectivity index (χ3v) is 7.37. The van der Waals surface area contributed by atoms with Crippen molar-refractivity contribution in [3.63, 3.8) is 0 Å². The maximum Gasteiger partial charge on any atom is 0.218 e. The second-order valence-electron chi connectivity index (χ2n) is 9.45. The highest BCUT2D eigenvalue weighted by Gasteiger charge is 2.79. The van der Waals surface area contributed by atoms with Gasteiger partial charge in [-0.15, -0.1) is 0 Å². The molecule has 8 heteroatoms. The van der Waals surface area contributed by atoms with Gasteiger partial charge in [-0.1, -0.05) is 54.6 Å². The largest absolute Gasteiger partial charge is 0.497 e. The summed E-state index contributed by atoms with van der Waals surface area (Å²) in [7, 11) is 1.54. The van der Waals surface area contributed by atoms with Gasteiger partial charge in [0, 0.05) is 6.92 Å². The zero-order valence-electron chi connectivity index (χ0n) is 20.8. The number of nitriles is 3. The number of fused-ring (bicyclic) bond motifs is 2. The molecule has 0 aromatic heterocycles. The van der Waals surface area contributed by atoms with E-state index < -0.39 is 34.5 Å². The van der Waals surface area contributed by atoms with Crippen molar-refractivity contribution in [3.8, 4) is 29.7 Å². The van der Waals surface area contributed by atoms with E-state index in [9.17, 15) is 15.8 Å². The summed E-state index contributed by atoms with van der Waals surface area (Å²) < 4.78 is 23.6. The quantitative estimate of drug-likeness (QED) is 0.475. The number of nitrogens with zero attached hydrogens (tertiary/aromatic N) is 3. The second kappa shape index (κ2) is 9.23. The van der Waals surface area contributed by atoms with Gasteiger partial charge in [-0.2, -0.15) is 15.8 Å². The summed E-state index contributed by atoms with van der Waals surface area (Å²) in [5, 5.41) is 40.5. The van der Waals surface area contributed by atoms with Crippen molar-refractivity contribution in [1.29, 1.82) is 21.2 Å². The topological polar surface area (TPSA) is 132 Å². The van der Waals surface area contributed by atoms with Crippen LogP contribution < -0.4 is 9.47 Å². The SMILES string of the molecule is COc1ccc(C2C3(C)OC(=N)C2(C#N)C(C#N)(C#N)C(c2cccc(OCc4ccccc4)c2)O3)cc1. The van der Waals surface area contributed by atoms with Crippen molar-refractivity contribution in [1.82, 2.24) is 0 Å². The predicted octanol–water partition coefficient (Wildman–Crippen LogP) is 5.40. The molecule has 2 saturated heterocycles. The van der Waals surface area contributed by atoms with Crippen molar-refractivity contribution in [2.45, 2.75) is 31.3 Å². The lowest BCUT2D eigenvalue weighted by atomic mass is 9.52. The first-order chi connectivity index (χ1) is 18.4. The van der Waals surface area contributed by atoms with Gasteiger partial charge < -0.3 is 18.9 Å². The van der Waals surface area contributed by atoms with Crippen molar-refractivity contribution in [2.75, 3.05) is 7.11 Å². The predicted molar refractivity (Wildman–Crippen MR) is 136 cm³/mol. The Hall–Kier alpha value is -4.84. The molecule has 0 radical (unpaired) electrons. The molecule has 188 valence electrons. The minimum atomic E-state index is -2.10. The summed E-state index contributed by atoms with van der Waals surface area (Å²) in [6, 6.07) is 29.8. The van der Waals surface area contributed by atoms with E-state index in [1.54, 1.807) is 55.5 Å². The van der Waals surface area contributed by atoms with E-state index >= 15 is 0 Å². The first-order valence-electron chi connectivity index (χ1n) is 12.0. The van der Waals surface area contributed by atoms with Crippen LogP contribution >= 0.6 is 0 Å². The van der Waals surface area contributed by atoms with Gasteiger partial charge in [-0.25, -0.2) is 0 Å². The number of hydrogen-bond donors (Lipinski definition) is 1. The minimum absolute atomic E-state index is 0.324. The van der Waals surface area contributed by atoms with Gasteiger partial charge in [0.05, 0.1) is 31.2 Å². The highest BCUT2D eigenvalue weighted by Crippen LogP contribution is 2.69. The molecule has 4 unspecified atom stereocenters. The fraction of sp³-hybridized carbons (Fsp3) is 0.267. The Morgan fingerprint density at radius 1 is 0.868 bits per heavy atom. The number of ether oxygens (including phenoxy) is 4. The standard InChI is InChI=1S/C30H24N4O4/c1-28-25(21-11-13-23(35-2)14-12-21)30(19-33,27(34)38-28)29(17-31,18-32)26(37-28)22-9-6-10-24(15-22)36-16-20-7-4-3-5-8-20/h3-15,25-26,34H,16H2,1-2H3. The Bertz CT molecular complexity index is 1490. The molecule has 2 fully saturated rings. The fourth-order valence-electron chi connectivity index (χ4n) is 5.59. The molecule has 2 heterocycles. The molecule has 4 atom stereocenters. The van der Waals surface area contributed by atoms with Gasteiger partial charge >= 0.3 is 0 Å². The van der Waals surface area contributed by atoms with Crippen LogP contribution in [0.15, 0.2) is 78.9 Å². The van der Waals surface area contributed by atoms with Crippen molar-refractivity contribution < 1.29 is 18.9 Å². The average Bonchev–Trinajstić information content (AvgIpc) is 3.14. The zero-order chi connectivity index (χ0) is 27.0. The van der Waals surface area contributed by atoms with Gasteiger partial charge in [0.25, 0.3) is 0 Å². The van der Waals surface area contributed by atoms with E-state index in [-0.39, 0.29) is 0 Å². The summed E-state index contributed by atoms with van der Waals surface area (Å²) >= 11 is 0. The third kappa shape index (κ3) is 3.49. The van der Waals surface area contributed by atoms with Crippen LogP contribution in [-0.4, -0.2) is 18.8 Å². The Balaban J connectivity index is 1.60. The summed E-state index contributed by atoms with van der Waals surface area (Å²) in [6.45, 7) is 1.96. The molecular formula is C30H24N4O4. The Morgan fingerprint density at radius 3 is 2.21 bits per heavy atom. The van der Waals surface area contributed by atoms with Gasteiger partial charge in [0.15, 0.2) is 5.41 Å². The van der Waals surface area contributed by atoms with Gasteiger partial charge in [-0.05, 0) is 41.0 Å².